The van der Waals surface area contributed by atoms with Gasteiger partial charge in [0.1, 0.15) is 5.75 Å². The van der Waals surface area contributed by atoms with Gasteiger partial charge in [0.15, 0.2) is 6.10 Å². The van der Waals surface area contributed by atoms with Crippen molar-refractivity contribution in [3.8, 4) is 5.75 Å². The molecule has 1 atom stereocenters. The summed E-state index contributed by atoms with van der Waals surface area (Å²) >= 11 is 0. The van der Waals surface area contributed by atoms with Crippen LogP contribution in [-0.4, -0.2) is 51.2 Å². The van der Waals surface area contributed by atoms with Crippen molar-refractivity contribution in [1.82, 2.24) is 4.90 Å². The van der Waals surface area contributed by atoms with Crippen molar-refractivity contribution in [2.75, 3.05) is 30.2 Å². The molecule has 2 aliphatic heterocycles. The van der Waals surface area contributed by atoms with Gasteiger partial charge in [-0.2, -0.15) is 0 Å². The van der Waals surface area contributed by atoms with E-state index in [1.807, 2.05) is 4.90 Å². The van der Waals surface area contributed by atoms with Crippen LogP contribution in [0.2, 0.25) is 0 Å². The van der Waals surface area contributed by atoms with Gasteiger partial charge in [-0.15, -0.1) is 0 Å². The molecule has 1 amide bonds. The quantitative estimate of drug-likeness (QED) is 0.820. The van der Waals surface area contributed by atoms with Crippen molar-refractivity contribution < 1.29 is 17.9 Å². The normalized spacial score (nSPS) is 22.0. The number of para-hydroxylation sites is 2. The zero-order valence-corrected chi connectivity index (χ0v) is 13.4. The number of benzene rings is 1. The van der Waals surface area contributed by atoms with Crippen LogP contribution in [0.5, 0.6) is 5.75 Å². The van der Waals surface area contributed by atoms with Crippen LogP contribution in [0.3, 0.4) is 0 Å². The van der Waals surface area contributed by atoms with Crippen LogP contribution in [0, 0.1) is 0 Å². The maximum absolute atomic E-state index is 12.6. The second-order valence-corrected chi connectivity index (χ2v) is 7.64. The third-order valence-corrected chi connectivity index (χ3v) is 5.27. The van der Waals surface area contributed by atoms with E-state index in [-0.39, 0.29) is 12.5 Å². The summed E-state index contributed by atoms with van der Waals surface area (Å²) in [5.41, 5.74) is 0.502. The van der Waals surface area contributed by atoms with E-state index >= 15 is 0 Å². The molecule has 0 N–H and O–H groups in total. The number of ether oxygens (including phenoxy) is 1. The number of hydrogen-bond donors (Lipinski definition) is 0. The predicted molar refractivity (Wildman–Crippen MR) is 83.5 cm³/mol. The number of fused-ring (bicyclic) bond motifs is 1. The molecule has 1 saturated heterocycles. The lowest BCUT2D eigenvalue weighted by Crippen LogP contribution is -2.41. The number of likely N-dealkylation sites (tertiary alicyclic amines) is 1. The number of nitrogens with zero attached hydrogens (tertiary/aromatic N) is 2. The third kappa shape index (κ3) is 2.90. The van der Waals surface area contributed by atoms with E-state index < -0.39 is 16.1 Å². The number of anilines is 1. The molecule has 0 bridgehead atoms. The molecule has 0 aromatic heterocycles. The molecule has 7 heteroatoms. The summed E-state index contributed by atoms with van der Waals surface area (Å²) in [5, 5.41) is 0. The molecule has 0 saturated carbocycles. The maximum Gasteiger partial charge on any atom is 0.263 e. The van der Waals surface area contributed by atoms with Crippen LogP contribution < -0.4 is 9.04 Å². The Balaban J connectivity index is 1.90. The molecule has 120 valence electrons. The Morgan fingerprint density at radius 2 is 1.86 bits per heavy atom. The van der Waals surface area contributed by atoms with Gasteiger partial charge in [0.05, 0.1) is 11.9 Å². The fourth-order valence-electron chi connectivity index (χ4n) is 2.99. The molecule has 3 rings (SSSR count). The van der Waals surface area contributed by atoms with Gasteiger partial charge >= 0.3 is 0 Å². The molecule has 1 aromatic carbocycles. The minimum Gasteiger partial charge on any atom is -0.478 e. The van der Waals surface area contributed by atoms with Gasteiger partial charge < -0.3 is 9.64 Å². The van der Waals surface area contributed by atoms with Crippen LogP contribution in [-0.2, 0) is 14.8 Å². The SMILES string of the molecule is CS(=O)(=O)N1CC[C@H](C(=O)N2CCCC2)Oc2ccccc21. The molecule has 1 fully saturated rings. The number of rotatable bonds is 2. The summed E-state index contributed by atoms with van der Waals surface area (Å²) in [6.45, 7) is 1.77. The molecule has 2 heterocycles. The summed E-state index contributed by atoms with van der Waals surface area (Å²) in [6.07, 6.45) is 2.95. The smallest absolute Gasteiger partial charge is 0.263 e. The van der Waals surface area contributed by atoms with E-state index in [4.69, 9.17) is 4.74 Å². The highest BCUT2D eigenvalue weighted by Gasteiger charge is 2.33. The highest BCUT2D eigenvalue weighted by Crippen LogP contribution is 2.34. The van der Waals surface area contributed by atoms with Crippen LogP contribution in [0.1, 0.15) is 19.3 Å². The monoisotopic (exact) mass is 324 g/mol. The van der Waals surface area contributed by atoms with E-state index in [0.717, 1.165) is 25.9 Å². The molecule has 1 aromatic rings. The highest BCUT2D eigenvalue weighted by atomic mass is 32.2. The van der Waals surface area contributed by atoms with Gasteiger partial charge in [0.25, 0.3) is 5.91 Å². The molecular weight excluding hydrogens is 304 g/mol. The zero-order valence-electron chi connectivity index (χ0n) is 12.6. The summed E-state index contributed by atoms with van der Waals surface area (Å²) in [5.74, 6) is 0.408. The second-order valence-electron chi connectivity index (χ2n) is 5.73. The van der Waals surface area contributed by atoms with Crippen LogP contribution in [0.15, 0.2) is 24.3 Å². The predicted octanol–water partition coefficient (Wildman–Crippen LogP) is 1.23. The molecule has 6 nitrogen and oxygen atoms in total. The van der Waals surface area contributed by atoms with Crippen LogP contribution in [0.25, 0.3) is 0 Å². The minimum absolute atomic E-state index is 0.0392. The van der Waals surface area contributed by atoms with E-state index in [1.54, 1.807) is 24.3 Å². The fraction of sp³-hybridized carbons (Fsp3) is 0.533. The van der Waals surface area contributed by atoms with Crippen LogP contribution in [0.4, 0.5) is 5.69 Å². The van der Waals surface area contributed by atoms with Crippen molar-refractivity contribution in [1.29, 1.82) is 0 Å². The maximum atomic E-state index is 12.6. The first-order valence-electron chi connectivity index (χ1n) is 7.49. The molecule has 2 aliphatic rings. The fourth-order valence-corrected chi connectivity index (χ4v) is 3.93. The van der Waals surface area contributed by atoms with E-state index in [0.29, 0.717) is 17.9 Å². The second kappa shape index (κ2) is 5.79. The van der Waals surface area contributed by atoms with Gasteiger partial charge in [-0.3, -0.25) is 9.10 Å². The molecule has 0 spiro atoms. The standard InChI is InChI=1S/C15H20N2O4S/c1-22(19,20)17-11-8-14(15(18)16-9-4-5-10-16)21-13-7-3-2-6-12(13)17/h2-3,6-7,14H,4-5,8-11H2,1H3/t14-/m1/s1. The van der Waals surface area contributed by atoms with Crippen molar-refractivity contribution in [3.63, 3.8) is 0 Å². The first kappa shape index (κ1) is 15.1. The number of amides is 1. The van der Waals surface area contributed by atoms with Gasteiger partial charge in [-0.05, 0) is 25.0 Å². The number of carbonyl (C=O) groups excluding carboxylic acids is 1. The number of carbonyl (C=O) groups is 1. The van der Waals surface area contributed by atoms with Crippen molar-refractivity contribution in [2.45, 2.75) is 25.4 Å². The van der Waals surface area contributed by atoms with Crippen LogP contribution >= 0.6 is 0 Å². The highest BCUT2D eigenvalue weighted by molar-refractivity contribution is 7.92. The summed E-state index contributed by atoms with van der Waals surface area (Å²) < 4.78 is 31.2. The molecular formula is C15H20N2O4S. The average molecular weight is 324 g/mol. The molecule has 0 radical (unpaired) electrons. The third-order valence-electron chi connectivity index (χ3n) is 4.09. The van der Waals surface area contributed by atoms with Gasteiger partial charge in [0.2, 0.25) is 10.0 Å². The lowest BCUT2D eigenvalue weighted by molar-refractivity contribution is -0.137. The number of sulfonamides is 1. The Morgan fingerprint density at radius 3 is 2.55 bits per heavy atom. The molecule has 0 aliphatic carbocycles. The zero-order chi connectivity index (χ0) is 15.7. The Kier molecular flexibility index (Phi) is 3.99. The van der Waals surface area contributed by atoms with Gasteiger partial charge in [-0.1, -0.05) is 12.1 Å². The lowest BCUT2D eigenvalue weighted by atomic mass is 10.2. The molecule has 22 heavy (non-hydrogen) atoms. The summed E-state index contributed by atoms with van der Waals surface area (Å²) in [4.78, 5) is 14.4. The molecule has 0 unspecified atom stereocenters. The van der Waals surface area contributed by atoms with Gasteiger partial charge in [0, 0.05) is 26.1 Å². The lowest BCUT2D eigenvalue weighted by Gasteiger charge is -2.22. The summed E-state index contributed by atoms with van der Waals surface area (Å²) in [7, 11) is -3.40. The van der Waals surface area contributed by atoms with Crippen molar-refractivity contribution in [2.24, 2.45) is 0 Å². The van der Waals surface area contributed by atoms with Gasteiger partial charge in [-0.25, -0.2) is 8.42 Å². The number of hydrogen-bond acceptors (Lipinski definition) is 4. The Morgan fingerprint density at radius 1 is 1.18 bits per heavy atom. The Bertz CT molecular complexity index is 668. The Labute approximate surface area is 130 Å². The topological polar surface area (TPSA) is 66.9 Å². The van der Waals surface area contributed by atoms with Crippen molar-refractivity contribution in [3.05, 3.63) is 24.3 Å². The first-order chi connectivity index (χ1) is 10.5. The van der Waals surface area contributed by atoms with E-state index in [2.05, 4.69) is 0 Å². The Hall–Kier alpha value is -1.76. The van der Waals surface area contributed by atoms with E-state index in [9.17, 15) is 13.2 Å². The average Bonchev–Trinajstić information content (AvgIpc) is 2.92. The van der Waals surface area contributed by atoms with Crippen molar-refractivity contribution >= 4 is 21.6 Å². The largest absolute Gasteiger partial charge is 0.478 e. The van der Waals surface area contributed by atoms with E-state index in [1.165, 1.54) is 10.6 Å². The first-order valence-corrected chi connectivity index (χ1v) is 9.34. The minimum atomic E-state index is -3.40. The summed E-state index contributed by atoms with van der Waals surface area (Å²) in [6, 6.07) is 6.97.